The molecular formula is C21H24BrN3O2. The molecule has 3 aromatic rings. The molecule has 1 fully saturated rings. The van der Waals surface area contributed by atoms with Gasteiger partial charge in [-0.15, -0.1) is 0 Å². The van der Waals surface area contributed by atoms with E-state index in [1.165, 1.54) is 12.8 Å². The predicted octanol–water partition coefficient (Wildman–Crippen LogP) is 5.36. The number of ether oxygens (including phenoxy) is 1. The number of aryl methyl sites for hydroxylation is 1. The molecule has 2 heterocycles. The van der Waals surface area contributed by atoms with Gasteiger partial charge in [-0.1, -0.05) is 15.9 Å². The molecule has 1 aromatic heterocycles. The van der Waals surface area contributed by atoms with Crippen LogP contribution in [0.15, 0.2) is 45.3 Å². The summed E-state index contributed by atoms with van der Waals surface area (Å²) in [7, 11) is 2.18. The summed E-state index contributed by atoms with van der Waals surface area (Å²) < 4.78 is 13.2. The number of nitrogens with one attached hydrogen (secondary N) is 1. The highest BCUT2D eigenvalue weighted by atomic mass is 79.9. The second kappa shape index (κ2) is 7.90. The first-order chi connectivity index (χ1) is 13.1. The van der Waals surface area contributed by atoms with Gasteiger partial charge in [0.15, 0.2) is 11.3 Å². The van der Waals surface area contributed by atoms with Crippen LogP contribution in [-0.2, 0) is 0 Å². The number of aromatic nitrogens is 1. The molecule has 5 nitrogen and oxygen atoms in total. The Kier molecular flexibility index (Phi) is 5.36. The quantitative estimate of drug-likeness (QED) is 0.591. The maximum Gasteiger partial charge on any atom is 0.300 e. The number of anilines is 2. The molecule has 0 unspecified atom stereocenters. The fraction of sp³-hybridized carbons (Fsp3) is 0.381. The number of fused-ring (bicyclic) bond motifs is 1. The number of nitrogens with zero attached hydrogens (tertiary/aromatic N) is 2. The van der Waals surface area contributed by atoms with Gasteiger partial charge in [0.1, 0.15) is 5.52 Å². The van der Waals surface area contributed by atoms with Gasteiger partial charge in [0, 0.05) is 10.2 Å². The zero-order valence-corrected chi connectivity index (χ0v) is 17.3. The summed E-state index contributed by atoms with van der Waals surface area (Å²) in [6.07, 6.45) is 2.36. The Morgan fingerprint density at radius 2 is 1.96 bits per heavy atom. The summed E-state index contributed by atoms with van der Waals surface area (Å²) in [6.45, 7) is 5.06. The van der Waals surface area contributed by atoms with Crippen LogP contribution < -0.4 is 10.1 Å². The van der Waals surface area contributed by atoms with Crippen molar-refractivity contribution in [1.82, 2.24) is 9.88 Å². The van der Waals surface area contributed by atoms with Crippen LogP contribution in [0.3, 0.4) is 0 Å². The van der Waals surface area contributed by atoms with Gasteiger partial charge in [-0.25, -0.2) is 0 Å². The van der Waals surface area contributed by atoms with Crippen LogP contribution in [-0.4, -0.2) is 36.6 Å². The highest BCUT2D eigenvalue weighted by Gasteiger charge is 2.19. The minimum Gasteiger partial charge on any atom is -0.489 e. The fourth-order valence-corrected chi connectivity index (χ4v) is 3.65. The third-order valence-electron chi connectivity index (χ3n) is 5.01. The minimum atomic E-state index is 0.474. The number of likely N-dealkylation sites (tertiary alicyclic amines) is 1. The Labute approximate surface area is 167 Å². The molecule has 0 spiro atoms. The van der Waals surface area contributed by atoms with Gasteiger partial charge in [0.05, 0.1) is 6.61 Å². The Bertz CT molecular complexity index is 915. The van der Waals surface area contributed by atoms with Crippen LogP contribution in [0.1, 0.15) is 18.4 Å². The molecule has 4 rings (SSSR count). The largest absolute Gasteiger partial charge is 0.489 e. The lowest BCUT2D eigenvalue weighted by Gasteiger charge is -2.28. The molecule has 0 radical (unpaired) electrons. The van der Waals surface area contributed by atoms with Crippen molar-refractivity contribution in [3.63, 3.8) is 0 Å². The Balaban J connectivity index is 1.52. The van der Waals surface area contributed by atoms with Gasteiger partial charge in [0.25, 0.3) is 6.01 Å². The van der Waals surface area contributed by atoms with Crippen molar-refractivity contribution in [1.29, 1.82) is 0 Å². The molecule has 27 heavy (non-hydrogen) atoms. The second-order valence-electron chi connectivity index (χ2n) is 7.32. The monoisotopic (exact) mass is 429 g/mol. The molecule has 0 saturated carbocycles. The molecule has 1 N–H and O–H groups in total. The molecule has 1 aliphatic rings. The third-order valence-corrected chi connectivity index (χ3v) is 5.54. The van der Waals surface area contributed by atoms with Crippen LogP contribution in [0.5, 0.6) is 5.75 Å². The van der Waals surface area contributed by atoms with Crippen molar-refractivity contribution in [2.24, 2.45) is 5.92 Å². The van der Waals surface area contributed by atoms with Crippen molar-refractivity contribution in [2.75, 3.05) is 32.1 Å². The maximum absolute atomic E-state index is 6.17. The number of piperidine rings is 1. The fourth-order valence-electron chi connectivity index (χ4n) is 3.39. The second-order valence-corrected chi connectivity index (χ2v) is 8.24. The van der Waals surface area contributed by atoms with E-state index >= 15 is 0 Å². The number of halogens is 1. The molecule has 2 aromatic carbocycles. The van der Waals surface area contributed by atoms with E-state index < -0.39 is 0 Å². The van der Waals surface area contributed by atoms with Crippen molar-refractivity contribution >= 4 is 38.7 Å². The van der Waals surface area contributed by atoms with E-state index in [1.807, 2.05) is 36.4 Å². The van der Waals surface area contributed by atoms with Gasteiger partial charge < -0.3 is 19.4 Å². The average molecular weight is 430 g/mol. The first kappa shape index (κ1) is 18.3. The van der Waals surface area contributed by atoms with E-state index in [4.69, 9.17) is 9.15 Å². The minimum absolute atomic E-state index is 0.474. The van der Waals surface area contributed by atoms with Gasteiger partial charge >= 0.3 is 0 Å². The Morgan fingerprint density at radius 3 is 2.70 bits per heavy atom. The van der Waals surface area contributed by atoms with Crippen LogP contribution in [0.2, 0.25) is 0 Å². The van der Waals surface area contributed by atoms with E-state index in [0.29, 0.717) is 17.5 Å². The Hall–Kier alpha value is -2.05. The topological polar surface area (TPSA) is 50.5 Å². The smallest absolute Gasteiger partial charge is 0.300 e. The molecule has 0 aliphatic carbocycles. The van der Waals surface area contributed by atoms with E-state index in [2.05, 4.69) is 45.1 Å². The number of rotatable bonds is 5. The molecule has 6 heteroatoms. The lowest BCUT2D eigenvalue weighted by Crippen LogP contribution is -2.32. The summed E-state index contributed by atoms with van der Waals surface area (Å²) in [4.78, 5) is 6.95. The number of hydrogen-bond acceptors (Lipinski definition) is 5. The summed E-state index contributed by atoms with van der Waals surface area (Å²) in [5, 5.41) is 3.22. The first-order valence-corrected chi connectivity index (χ1v) is 10.1. The van der Waals surface area contributed by atoms with E-state index in [9.17, 15) is 0 Å². The zero-order chi connectivity index (χ0) is 18.8. The van der Waals surface area contributed by atoms with Crippen LogP contribution in [0.25, 0.3) is 11.1 Å². The Morgan fingerprint density at radius 1 is 1.22 bits per heavy atom. The van der Waals surface area contributed by atoms with Crippen molar-refractivity contribution in [2.45, 2.75) is 19.8 Å². The molecule has 0 atom stereocenters. The summed E-state index contributed by atoms with van der Waals surface area (Å²) in [5.41, 5.74) is 3.56. The number of oxazole rings is 1. The lowest BCUT2D eigenvalue weighted by molar-refractivity contribution is 0.160. The molecule has 1 saturated heterocycles. The van der Waals surface area contributed by atoms with E-state index in [1.54, 1.807) is 0 Å². The standard InChI is InChI=1S/C21H24BrN3O2/c1-14-11-18-20(19(12-14)26-13-15-7-9-25(2)10-8-15)27-21(24-18)23-17-5-3-16(22)4-6-17/h3-6,11-12,15H,7-10,13H2,1-2H3,(H,23,24). The highest BCUT2D eigenvalue weighted by molar-refractivity contribution is 9.10. The van der Waals surface area contributed by atoms with E-state index in [-0.39, 0.29) is 0 Å². The first-order valence-electron chi connectivity index (χ1n) is 9.32. The van der Waals surface area contributed by atoms with Crippen LogP contribution >= 0.6 is 15.9 Å². The predicted molar refractivity (Wildman–Crippen MR) is 112 cm³/mol. The number of hydrogen-bond donors (Lipinski definition) is 1. The molecule has 1 aliphatic heterocycles. The summed E-state index contributed by atoms with van der Waals surface area (Å²) in [6, 6.07) is 12.4. The highest BCUT2D eigenvalue weighted by Crippen LogP contribution is 2.32. The van der Waals surface area contributed by atoms with Gasteiger partial charge in [-0.3, -0.25) is 0 Å². The van der Waals surface area contributed by atoms with Gasteiger partial charge in [-0.2, -0.15) is 4.98 Å². The molecular weight excluding hydrogens is 406 g/mol. The average Bonchev–Trinajstić information content (AvgIpc) is 3.05. The zero-order valence-electron chi connectivity index (χ0n) is 15.7. The van der Waals surface area contributed by atoms with Crippen molar-refractivity contribution in [3.05, 3.63) is 46.4 Å². The van der Waals surface area contributed by atoms with E-state index in [0.717, 1.165) is 46.7 Å². The van der Waals surface area contributed by atoms with Crippen LogP contribution in [0.4, 0.5) is 11.7 Å². The molecule has 0 bridgehead atoms. The summed E-state index contributed by atoms with van der Waals surface area (Å²) >= 11 is 3.44. The third kappa shape index (κ3) is 4.45. The van der Waals surface area contributed by atoms with Crippen molar-refractivity contribution < 1.29 is 9.15 Å². The maximum atomic E-state index is 6.17. The van der Waals surface area contributed by atoms with Crippen LogP contribution in [0, 0.1) is 12.8 Å². The summed E-state index contributed by atoms with van der Waals surface area (Å²) in [5.74, 6) is 1.38. The SMILES string of the molecule is Cc1cc(OCC2CCN(C)CC2)c2oc(Nc3ccc(Br)cc3)nc2c1. The lowest BCUT2D eigenvalue weighted by atomic mass is 9.98. The van der Waals surface area contributed by atoms with Gasteiger partial charge in [-0.05, 0) is 87.8 Å². The van der Waals surface area contributed by atoms with Crippen molar-refractivity contribution in [3.8, 4) is 5.75 Å². The normalized spacial score (nSPS) is 16.0. The molecule has 142 valence electrons. The molecule has 0 amide bonds. The number of benzene rings is 2. The van der Waals surface area contributed by atoms with Gasteiger partial charge in [0.2, 0.25) is 0 Å².